The molecule has 0 bridgehead atoms. The van der Waals surface area contributed by atoms with Crippen molar-refractivity contribution in [2.24, 2.45) is 0 Å². The SMILES string of the molecule is O=C(CCCCNC(=O)c1cccc(/C=C2\C(=O)Nc3ccc(F)cc32)c1)NO. The fraction of sp³-hybridized carbons (Fsp3) is 0.190. The molecule has 0 aromatic heterocycles. The minimum atomic E-state index is -0.463. The van der Waals surface area contributed by atoms with Gasteiger partial charge in [-0.15, -0.1) is 0 Å². The van der Waals surface area contributed by atoms with Crippen LogP contribution in [0.5, 0.6) is 0 Å². The number of hydroxylamine groups is 1. The molecule has 0 unspecified atom stereocenters. The number of benzene rings is 2. The van der Waals surface area contributed by atoms with Gasteiger partial charge in [0.15, 0.2) is 0 Å². The van der Waals surface area contributed by atoms with Crippen molar-refractivity contribution in [3.63, 3.8) is 0 Å². The number of nitrogens with one attached hydrogen (secondary N) is 3. The van der Waals surface area contributed by atoms with Crippen molar-refractivity contribution < 1.29 is 24.0 Å². The maximum atomic E-state index is 13.6. The number of carbonyl (C=O) groups excluding carboxylic acids is 3. The van der Waals surface area contributed by atoms with Crippen molar-refractivity contribution in [1.82, 2.24) is 10.8 Å². The van der Waals surface area contributed by atoms with Gasteiger partial charge in [-0.1, -0.05) is 12.1 Å². The van der Waals surface area contributed by atoms with E-state index in [0.29, 0.717) is 47.3 Å². The summed E-state index contributed by atoms with van der Waals surface area (Å²) in [6.07, 6.45) is 2.92. The lowest BCUT2D eigenvalue weighted by Crippen LogP contribution is -2.25. The highest BCUT2D eigenvalue weighted by Crippen LogP contribution is 2.33. The van der Waals surface area contributed by atoms with Crippen LogP contribution in [0, 0.1) is 5.82 Å². The minimum absolute atomic E-state index is 0.180. The second-order valence-corrected chi connectivity index (χ2v) is 6.58. The summed E-state index contributed by atoms with van der Waals surface area (Å²) < 4.78 is 13.6. The van der Waals surface area contributed by atoms with Crippen molar-refractivity contribution in [1.29, 1.82) is 0 Å². The Kier molecular flexibility index (Phi) is 6.36. The molecular formula is C21H20FN3O4. The van der Waals surface area contributed by atoms with Crippen molar-refractivity contribution >= 4 is 35.1 Å². The molecule has 3 rings (SSSR count). The smallest absolute Gasteiger partial charge is 0.256 e. The molecule has 3 amide bonds. The van der Waals surface area contributed by atoms with Crippen LogP contribution in [0.1, 0.15) is 40.7 Å². The van der Waals surface area contributed by atoms with Crippen LogP contribution in [-0.4, -0.2) is 29.5 Å². The van der Waals surface area contributed by atoms with Gasteiger partial charge in [0.25, 0.3) is 11.8 Å². The van der Waals surface area contributed by atoms with Crippen molar-refractivity contribution in [2.75, 3.05) is 11.9 Å². The molecule has 1 heterocycles. The van der Waals surface area contributed by atoms with Crippen molar-refractivity contribution in [3.8, 4) is 0 Å². The summed E-state index contributed by atoms with van der Waals surface area (Å²) >= 11 is 0. The first-order valence-electron chi connectivity index (χ1n) is 9.12. The Morgan fingerprint density at radius 3 is 2.76 bits per heavy atom. The van der Waals surface area contributed by atoms with E-state index in [2.05, 4.69) is 10.6 Å². The van der Waals surface area contributed by atoms with E-state index >= 15 is 0 Å². The standard InChI is InChI=1S/C21H20FN3O4/c22-15-7-8-18-16(12-15)17(21(28)24-18)11-13-4-3-5-14(10-13)20(27)23-9-2-1-6-19(26)25-29/h3-5,7-8,10-12,29H,1-2,6,9H2,(H,23,27)(H,24,28)(H,25,26)/b17-11-. The number of hydrogen-bond acceptors (Lipinski definition) is 4. The molecule has 0 atom stereocenters. The molecule has 2 aromatic rings. The molecule has 1 aliphatic rings. The van der Waals surface area contributed by atoms with E-state index in [9.17, 15) is 18.8 Å². The first-order chi connectivity index (χ1) is 14.0. The monoisotopic (exact) mass is 397 g/mol. The predicted molar refractivity (Wildman–Crippen MR) is 105 cm³/mol. The van der Waals surface area contributed by atoms with Gasteiger partial charge in [-0.2, -0.15) is 0 Å². The van der Waals surface area contributed by atoms with Gasteiger partial charge in [0.05, 0.1) is 0 Å². The maximum absolute atomic E-state index is 13.6. The third-order valence-electron chi connectivity index (χ3n) is 4.47. The van der Waals surface area contributed by atoms with E-state index in [0.717, 1.165) is 0 Å². The molecule has 4 N–H and O–H groups in total. The highest BCUT2D eigenvalue weighted by Gasteiger charge is 2.24. The molecule has 1 aliphatic heterocycles. The summed E-state index contributed by atoms with van der Waals surface area (Å²) in [6.45, 7) is 0.387. The first kappa shape index (κ1) is 20.2. The zero-order valence-corrected chi connectivity index (χ0v) is 15.5. The van der Waals surface area contributed by atoms with Crippen LogP contribution in [-0.2, 0) is 9.59 Å². The van der Waals surface area contributed by atoms with Gasteiger partial charge in [0.2, 0.25) is 5.91 Å². The number of unbranched alkanes of at least 4 members (excludes halogenated alkanes) is 1. The molecule has 29 heavy (non-hydrogen) atoms. The van der Waals surface area contributed by atoms with E-state index in [1.165, 1.54) is 18.2 Å². The Hall–Kier alpha value is -3.52. The molecule has 0 saturated heterocycles. The Balaban J connectivity index is 1.66. The second-order valence-electron chi connectivity index (χ2n) is 6.58. The molecule has 0 radical (unpaired) electrons. The quantitative estimate of drug-likeness (QED) is 0.249. The lowest BCUT2D eigenvalue weighted by Gasteiger charge is -2.06. The van der Waals surface area contributed by atoms with E-state index in [-0.39, 0.29) is 18.2 Å². The lowest BCUT2D eigenvalue weighted by atomic mass is 10.0. The normalized spacial score (nSPS) is 13.7. The Bertz CT molecular complexity index is 988. The van der Waals surface area contributed by atoms with E-state index in [1.54, 1.807) is 35.8 Å². The van der Waals surface area contributed by atoms with Crippen LogP contribution in [0.3, 0.4) is 0 Å². The first-order valence-corrected chi connectivity index (χ1v) is 9.12. The van der Waals surface area contributed by atoms with Crippen molar-refractivity contribution in [3.05, 3.63) is 65.0 Å². The van der Waals surface area contributed by atoms with Crippen LogP contribution >= 0.6 is 0 Å². The Morgan fingerprint density at radius 1 is 1.14 bits per heavy atom. The number of hydrogen-bond donors (Lipinski definition) is 4. The number of carbonyl (C=O) groups is 3. The molecule has 0 fully saturated rings. The van der Waals surface area contributed by atoms with Gasteiger partial charge in [0.1, 0.15) is 5.82 Å². The summed E-state index contributed by atoms with van der Waals surface area (Å²) in [4.78, 5) is 35.5. The van der Waals surface area contributed by atoms with Crippen LogP contribution in [0.2, 0.25) is 0 Å². The highest BCUT2D eigenvalue weighted by atomic mass is 19.1. The molecule has 0 spiro atoms. The largest absolute Gasteiger partial charge is 0.352 e. The van der Waals surface area contributed by atoms with Crippen LogP contribution in [0.25, 0.3) is 11.6 Å². The summed E-state index contributed by atoms with van der Waals surface area (Å²) in [5.41, 5.74) is 3.98. The fourth-order valence-electron chi connectivity index (χ4n) is 3.01. The Morgan fingerprint density at radius 2 is 1.97 bits per heavy atom. The average Bonchev–Trinajstić information content (AvgIpc) is 3.02. The highest BCUT2D eigenvalue weighted by molar-refractivity contribution is 6.34. The minimum Gasteiger partial charge on any atom is -0.352 e. The van der Waals surface area contributed by atoms with E-state index in [4.69, 9.17) is 5.21 Å². The number of halogens is 1. The molecule has 0 aliphatic carbocycles. The third-order valence-corrected chi connectivity index (χ3v) is 4.47. The molecule has 0 saturated carbocycles. The molecular weight excluding hydrogens is 377 g/mol. The van der Waals surface area contributed by atoms with Crippen LogP contribution in [0.15, 0.2) is 42.5 Å². The van der Waals surface area contributed by atoms with Crippen LogP contribution < -0.4 is 16.1 Å². The topological polar surface area (TPSA) is 108 Å². The summed E-state index contributed by atoms with van der Waals surface area (Å²) in [7, 11) is 0. The van der Waals surface area contributed by atoms with Gasteiger partial charge in [-0.05, 0) is 54.8 Å². The summed E-state index contributed by atoms with van der Waals surface area (Å²) in [6, 6.07) is 10.8. The number of amides is 3. The molecule has 2 aromatic carbocycles. The second kappa shape index (κ2) is 9.11. The number of rotatable bonds is 7. The lowest BCUT2D eigenvalue weighted by molar-refractivity contribution is -0.129. The average molecular weight is 397 g/mol. The van der Waals surface area contributed by atoms with Crippen LogP contribution in [0.4, 0.5) is 10.1 Å². The predicted octanol–water partition coefficient (Wildman–Crippen LogP) is 2.72. The van der Waals surface area contributed by atoms with Gasteiger partial charge >= 0.3 is 0 Å². The van der Waals surface area contributed by atoms with E-state index < -0.39 is 11.7 Å². The van der Waals surface area contributed by atoms with Gasteiger partial charge < -0.3 is 10.6 Å². The summed E-state index contributed by atoms with van der Waals surface area (Å²) in [5, 5.41) is 13.9. The molecule has 150 valence electrons. The van der Waals surface area contributed by atoms with Crippen molar-refractivity contribution in [2.45, 2.75) is 19.3 Å². The number of anilines is 1. The zero-order valence-electron chi connectivity index (χ0n) is 15.5. The molecule has 8 heteroatoms. The van der Waals surface area contributed by atoms with Gasteiger partial charge in [-0.3, -0.25) is 19.6 Å². The maximum Gasteiger partial charge on any atom is 0.256 e. The zero-order chi connectivity index (χ0) is 20.8. The summed E-state index contributed by atoms with van der Waals surface area (Å²) in [5.74, 6) is -1.50. The Labute approximate surface area is 166 Å². The van der Waals surface area contributed by atoms with E-state index in [1.807, 2.05) is 0 Å². The fourth-order valence-corrected chi connectivity index (χ4v) is 3.01. The van der Waals surface area contributed by atoms with Gasteiger partial charge in [-0.25, -0.2) is 9.87 Å². The van der Waals surface area contributed by atoms with Gasteiger partial charge in [0, 0.05) is 35.4 Å². The molecule has 7 nitrogen and oxygen atoms in total. The third kappa shape index (κ3) is 5.05. The number of fused-ring (bicyclic) bond motifs is 1.